The van der Waals surface area contributed by atoms with E-state index in [-0.39, 0.29) is 11.8 Å². The number of hydrogen-bond donors (Lipinski definition) is 2. The summed E-state index contributed by atoms with van der Waals surface area (Å²) in [6.07, 6.45) is -1.98. The number of rotatable bonds is 7. The summed E-state index contributed by atoms with van der Waals surface area (Å²) < 4.78 is 42.4. The Hall–Kier alpha value is -3.43. The Bertz CT molecular complexity index is 975. The van der Waals surface area contributed by atoms with Crippen molar-refractivity contribution in [3.63, 3.8) is 0 Å². The van der Waals surface area contributed by atoms with Crippen molar-refractivity contribution in [1.29, 1.82) is 0 Å². The van der Waals surface area contributed by atoms with Gasteiger partial charge in [-0.15, -0.1) is 0 Å². The molecule has 1 aliphatic rings. The minimum absolute atomic E-state index is 0.00336. The number of carbonyl (C=O) groups excluding carboxylic acids is 1. The number of hydrogen-bond acceptors (Lipinski definition) is 5. The summed E-state index contributed by atoms with van der Waals surface area (Å²) >= 11 is 0. The zero-order valence-corrected chi connectivity index (χ0v) is 19.3. The van der Waals surface area contributed by atoms with Crippen LogP contribution in [0.25, 0.3) is 0 Å². The summed E-state index contributed by atoms with van der Waals surface area (Å²) in [5.74, 6) is -1.71. The van der Waals surface area contributed by atoms with Gasteiger partial charge in [-0.3, -0.25) is 4.79 Å². The molecule has 7 nitrogen and oxygen atoms in total. The van der Waals surface area contributed by atoms with Crippen LogP contribution in [0.4, 0.5) is 24.5 Å². The number of carboxylic acid groups (broad SMARTS) is 1. The fourth-order valence-electron chi connectivity index (χ4n) is 3.68. The van der Waals surface area contributed by atoms with Gasteiger partial charge in [-0.25, -0.2) is 4.79 Å². The fraction of sp³-hybridized carbons (Fsp3) is 0.417. The first-order valence-electron chi connectivity index (χ1n) is 10.8. The van der Waals surface area contributed by atoms with Crippen LogP contribution in [0.3, 0.4) is 0 Å². The molecule has 1 atom stereocenters. The van der Waals surface area contributed by atoms with Crippen LogP contribution in [-0.2, 0) is 9.59 Å². The minimum atomic E-state index is -5.08. The van der Waals surface area contributed by atoms with Gasteiger partial charge in [-0.05, 0) is 49.1 Å². The van der Waals surface area contributed by atoms with Crippen LogP contribution < -0.4 is 19.7 Å². The summed E-state index contributed by atoms with van der Waals surface area (Å²) in [7, 11) is 3.21. The molecule has 3 rings (SSSR count). The number of carbonyl (C=O) groups is 2. The maximum Gasteiger partial charge on any atom is 0.490 e. The van der Waals surface area contributed by atoms with Crippen LogP contribution in [0, 0.1) is 0 Å². The van der Waals surface area contributed by atoms with Crippen LogP contribution in [0.2, 0.25) is 0 Å². The molecule has 10 heteroatoms. The molecule has 0 aromatic heterocycles. The number of amides is 1. The van der Waals surface area contributed by atoms with Crippen molar-refractivity contribution in [1.82, 2.24) is 0 Å². The highest BCUT2D eigenvalue weighted by Crippen LogP contribution is 2.34. The predicted molar refractivity (Wildman–Crippen MR) is 123 cm³/mol. The van der Waals surface area contributed by atoms with Gasteiger partial charge in [0.05, 0.1) is 31.5 Å². The third kappa shape index (κ3) is 7.03. The van der Waals surface area contributed by atoms with Crippen molar-refractivity contribution >= 4 is 23.3 Å². The maximum atomic E-state index is 13.1. The smallest absolute Gasteiger partial charge is 0.490 e. The van der Waals surface area contributed by atoms with Gasteiger partial charge in [-0.2, -0.15) is 13.2 Å². The van der Waals surface area contributed by atoms with Gasteiger partial charge in [0.2, 0.25) is 5.91 Å². The number of anilines is 2. The van der Waals surface area contributed by atoms with Gasteiger partial charge in [0.1, 0.15) is 0 Å². The molecular weight excluding hydrogens is 453 g/mol. The molecule has 1 aliphatic heterocycles. The molecule has 1 saturated heterocycles. The van der Waals surface area contributed by atoms with Crippen molar-refractivity contribution < 1.29 is 37.3 Å². The third-order valence-corrected chi connectivity index (χ3v) is 5.39. The molecule has 1 unspecified atom stereocenters. The van der Waals surface area contributed by atoms with E-state index in [4.69, 9.17) is 19.4 Å². The van der Waals surface area contributed by atoms with E-state index in [1.54, 1.807) is 14.2 Å². The molecule has 0 radical (unpaired) electrons. The molecule has 2 aromatic carbocycles. The van der Waals surface area contributed by atoms with Crippen LogP contribution >= 0.6 is 0 Å². The van der Waals surface area contributed by atoms with Gasteiger partial charge in [-0.1, -0.05) is 25.1 Å². The number of ether oxygens (including phenoxy) is 2. The molecule has 1 amide bonds. The SMILES string of the molecule is CCC(C(=O)Nc1ccccc1N1CCCC1)c1ccc(OC)c(OC)c1.O=C(O)C(F)(F)F. The molecule has 0 spiro atoms. The number of methoxy groups -OCH3 is 2. The van der Waals surface area contributed by atoms with E-state index >= 15 is 0 Å². The molecule has 0 saturated carbocycles. The number of benzene rings is 2. The fourth-order valence-corrected chi connectivity index (χ4v) is 3.68. The first-order valence-corrected chi connectivity index (χ1v) is 10.8. The molecule has 1 heterocycles. The van der Waals surface area contributed by atoms with Gasteiger partial charge in [0.25, 0.3) is 0 Å². The van der Waals surface area contributed by atoms with Gasteiger partial charge < -0.3 is 24.8 Å². The molecule has 0 bridgehead atoms. The Labute approximate surface area is 196 Å². The van der Waals surface area contributed by atoms with Crippen molar-refractivity contribution in [2.75, 3.05) is 37.5 Å². The number of halogens is 3. The molecule has 186 valence electrons. The first-order chi connectivity index (χ1) is 16.1. The van der Waals surface area contributed by atoms with E-state index in [2.05, 4.69) is 16.3 Å². The summed E-state index contributed by atoms with van der Waals surface area (Å²) in [6.45, 7) is 4.10. The Morgan fingerprint density at radius 2 is 1.65 bits per heavy atom. The molecule has 2 N–H and O–H groups in total. The Morgan fingerprint density at radius 1 is 1.06 bits per heavy atom. The third-order valence-electron chi connectivity index (χ3n) is 5.39. The van der Waals surface area contributed by atoms with E-state index < -0.39 is 12.1 Å². The molecule has 34 heavy (non-hydrogen) atoms. The normalized spacial score (nSPS) is 14.0. The van der Waals surface area contributed by atoms with E-state index in [0.717, 1.165) is 30.0 Å². The quantitative estimate of drug-likeness (QED) is 0.573. The molecule has 2 aromatic rings. The first kappa shape index (κ1) is 26.8. The summed E-state index contributed by atoms with van der Waals surface area (Å²) in [4.78, 5) is 24.3. The number of aliphatic carboxylic acids is 1. The van der Waals surface area contributed by atoms with Crippen molar-refractivity contribution in [3.05, 3.63) is 48.0 Å². The minimum Gasteiger partial charge on any atom is -0.493 e. The molecule has 0 aliphatic carbocycles. The van der Waals surface area contributed by atoms with Crippen molar-refractivity contribution in [2.24, 2.45) is 0 Å². The Kier molecular flexibility index (Phi) is 9.58. The van der Waals surface area contributed by atoms with Crippen LogP contribution in [-0.4, -0.2) is 50.5 Å². The highest BCUT2D eigenvalue weighted by atomic mass is 19.4. The highest BCUT2D eigenvalue weighted by Gasteiger charge is 2.38. The zero-order chi connectivity index (χ0) is 25.3. The standard InChI is InChI=1S/C22H28N2O3.C2HF3O2/c1-4-17(16-11-12-20(26-2)21(15-16)27-3)22(25)23-18-9-5-6-10-19(18)24-13-7-8-14-24;3-2(4,5)1(6)7/h5-6,9-12,15,17H,4,7-8,13-14H2,1-3H3,(H,23,25);(H,6,7). The van der Waals surface area contributed by atoms with E-state index in [9.17, 15) is 18.0 Å². The van der Waals surface area contributed by atoms with Crippen molar-refractivity contribution in [3.8, 4) is 11.5 Å². The number of nitrogens with one attached hydrogen (secondary N) is 1. The number of para-hydroxylation sites is 2. The van der Waals surface area contributed by atoms with Crippen molar-refractivity contribution in [2.45, 2.75) is 38.3 Å². The average Bonchev–Trinajstić information content (AvgIpc) is 3.34. The number of carboxylic acids is 1. The van der Waals surface area contributed by atoms with Crippen LogP contribution in [0.1, 0.15) is 37.7 Å². The monoisotopic (exact) mass is 482 g/mol. The topological polar surface area (TPSA) is 88.1 Å². The highest BCUT2D eigenvalue weighted by molar-refractivity contribution is 5.98. The second-order valence-corrected chi connectivity index (χ2v) is 7.58. The lowest BCUT2D eigenvalue weighted by molar-refractivity contribution is -0.192. The average molecular weight is 482 g/mol. The van der Waals surface area contributed by atoms with E-state index in [1.807, 2.05) is 43.3 Å². The zero-order valence-electron chi connectivity index (χ0n) is 19.3. The van der Waals surface area contributed by atoms with E-state index in [0.29, 0.717) is 17.9 Å². The largest absolute Gasteiger partial charge is 0.493 e. The summed E-state index contributed by atoms with van der Waals surface area (Å²) in [5.41, 5.74) is 2.90. The predicted octanol–water partition coefficient (Wildman–Crippen LogP) is 5.07. The van der Waals surface area contributed by atoms with Crippen LogP contribution in [0.15, 0.2) is 42.5 Å². The second kappa shape index (κ2) is 12.2. The Morgan fingerprint density at radius 3 is 2.18 bits per heavy atom. The van der Waals surface area contributed by atoms with Gasteiger partial charge in [0.15, 0.2) is 11.5 Å². The maximum absolute atomic E-state index is 13.1. The lowest BCUT2D eigenvalue weighted by atomic mass is 9.95. The van der Waals surface area contributed by atoms with Crippen LogP contribution in [0.5, 0.6) is 11.5 Å². The lowest BCUT2D eigenvalue weighted by Gasteiger charge is -2.23. The summed E-state index contributed by atoms with van der Waals surface area (Å²) in [5, 5.41) is 10.3. The van der Waals surface area contributed by atoms with Gasteiger partial charge >= 0.3 is 12.1 Å². The van der Waals surface area contributed by atoms with E-state index in [1.165, 1.54) is 12.8 Å². The number of nitrogens with zero attached hydrogens (tertiary/aromatic N) is 1. The summed E-state index contributed by atoms with van der Waals surface area (Å²) in [6, 6.07) is 13.7. The second-order valence-electron chi connectivity index (χ2n) is 7.58. The lowest BCUT2D eigenvalue weighted by Crippen LogP contribution is -2.24. The molecular formula is C24H29F3N2O5. The van der Waals surface area contributed by atoms with Gasteiger partial charge in [0, 0.05) is 13.1 Å². The Balaban J connectivity index is 0.000000509. The number of alkyl halides is 3. The molecule has 1 fully saturated rings.